The van der Waals surface area contributed by atoms with Gasteiger partial charge in [-0.2, -0.15) is 0 Å². The molecule has 0 saturated carbocycles. The average molecular weight is 383 g/mol. The summed E-state index contributed by atoms with van der Waals surface area (Å²) >= 11 is 5.94. The Hall–Kier alpha value is -2.99. The van der Waals surface area contributed by atoms with E-state index in [9.17, 15) is 4.79 Å². The number of rotatable bonds is 5. The molecular formula is C20H19ClN4O2. The summed E-state index contributed by atoms with van der Waals surface area (Å²) in [6.07, 6.45) is 5.81. The zero-order chi connectivity index (χ0) is 18.8. The van der Waals surface area contributed by atoms with E-state index >= 15 is 0 Å². The van der Waals surface area contributed by atoms with Crippen LogP contribution in [0.3, 0.4) is 0 Å². The van der Waals surface area contributed by atoms with Crippen LogP contribution in [0.25, 0.3) is 11.0 Å². The fourth-order valence-corrected chi connectivity index (χ4v) is 3.41. The molecular weight excluding hydrogens is 364 g/mol. The maximum atomic E-state index is 11.8. The Morgan fingerprint density at radius 1 is 1.37 bits per heavy atom. The largest absolute Gasteiger partial charge is 0.456 e. The van der Waals surface area contributed by atoms with Crippen LogP contribution in [0.4, 0.5) is 5.69 Å². The van der Waals surface area contributed by atoms with Crippen molar-refractivity contribution in [2.24, 2.45) is 0 Å². The SMILES string of the molecule is C=CC(=O)N1CCC(Nc2c[nH]c3nccc(Oc4ccc(Cl)cc4)c23)C1. The topological polar surface area (TPSA) is 70.2 Å². The predicted octanol–water partition coefficient (Wildman–Crippen LogP) is 4.21. The van der Waals surface area contributed by atoms with Gasteiger partial charge in [-0.05, 0) is 42.8 Å². The fraction of sp³-hybridized carbons (Fsp3) is 0.200. The number of carbonyl (C=O) groups is 1. The second-order valence-corrected chi connectivity index (χ2v) is 6.85. The van der Waals surface area contributed by atoms with Crippen molar-refractivity contribution in [2.75, 3.05) is 18.4 Å². The van der Waals surface area contributed by atoms with Gasteiger partial charge in [0.05, 0.1) is 11.1 Å². The number of hydrogen-bond acceptors (Lipinski definition) is 4. The van der Waals surface area contributed by atoms with Gasteiger partial charge in [-0.3, -0.25) is 4.79 Å². The lowest BCUT2D eigenvalue weighted by atomic mass is 10.2. The normalized spacial score (nSPS) is 16.5. The first kappa shape index (κ1) is 17.4. The molecule has 1 amide bonds. The molecule has 0 bridgehead atoms. The minimum atomic E-state index is -0.0355. The van der Waals surface area contributed by atoms with E-state index in [0.717, 1.165) is 29.7 Å². The quantitative estimate of drug-likeness (QED) is 0.648. The summed E-state index contributed by atoms with van der Waals surface area (Å²) in [7, 11) is 0. The number of fused-ring (bicyclic) bond motifs is 1. The van der Waals surface area contributed by atoms with Crippen molar-refractivity contribution in [3.63, 3.8) is 0 Å². The Bertz CT molecular complexity index is 983. The van der Waals surface area contributed by atoms with E-state index in [1.807, 2.05) is 24.4 Å². The van der Waals surface area contributed by atoms with Crippen molar-refractivity contribution in [1.29, 1.82) is 0 Å². The van der Waals surface area contributed by atoms with E-state index in [-0.39, 0.29) is 11.9 Å². The highest BCUT2D eigenvalue weighted by Crippen LogP contribution is 2.35. The molecule has 138 valence electrons. The van der Waals surface area contributed by atoms with Gasteiger partial charge in [0.15, 0.2) is 0 Å². The summed E-state index contributed by atoms with van der Waals surface area (Å²) in [5, 5.41) is 5.04. The van der Waals surface area contributed by atoms with Gasteiger partial charge in [-0.15, -0.1) is 0 Å². The van der Waals surface area contributed by atoms with Gasteiger partial charge < -0.3 is 19.9 Å². The van der Waals surface area contributed by atoms with Crippen LogP contribution in [0.5, 0.6) is 11.5 Å². The first-order valence-electron chi connectivity index (χ1n) is 8.71. The van der Waals surface area contributed by atoms with Crippen molar-refractivity contribution >= 4 is 34.2 Å². The molecule has 6 nitrogen and oxygen atoms in total. The number of ether oxygens (including phenoxy) is 1. The fourth-order valence-electron chi connectivity index (χ4n) is 3.28. The smallest absolute Gasteiger partial charge is 0.246 e. The first-order valence-corrected chi connectivity index (χ1v) is 9.09. The number of amides is 1. The molecule has 0 radical (unpaired) electrons. The number of nitrogens with zero attached hydrogens (tertiary/aromatic N) is 2. The number of carbonyl (C=O) groups excluding carboxylic acids is 1. The first-order chi connectivity index (χ1) is 13.1. The molecule has 1 fully saturated rings. The van der Waals surface area contributed by atoms with E-state index in [1.54, 1.807) is 23.2 Å². The van der Waals surface area contributed by atoms with Gasteiger partial charge in [0.1, 0.15) is 17.1 Å². The van der Waals surface area contributed by atoms with Gasteiger partial charge in [-0.25, -0.2) is 4.98 Å². The highest BCUT2D eigenvalue weighted by atomic mass is 35.5. The highest BCUT2D eigenvalue weighted by Gasteiger charge is 2.25. The number of nitrogens with one attached hydrogen (secondary N) is 2. The third kappa shape index (κ3) is 3.61. The summed E-state index contributed by atoms with van der Waals surface area (Å²) in [5.41, 5.74) is 1.64. The number of anilines is 1. The molecule has 27 heavy (non-hydrogen) atoms. The van der Waals surface area contributed by atoms with E-state index in [4.69, 9.17) is 16.3 Å². The second kappa shape index (κ2) is 7.32. The van der Waals surface area contributed by atoms with Crippen LogP contribution in [0, 0.1) is 0 Å². The van der Waals surface area contributed by atoms with Gasteiger partial charge in [-0.1, -0.05) is 18.2 Å². The van der Waals surface area contributed by atoms with Crippen molar-refractivity contribution in [2.45, 2.75) is 12.5 Å². The number of hydrogen-bond donors (Lipinski definition) is 2. The second-order valence-electron chi connectivity index (χ2n) is 6.41. The molecule has 3 heterocycles. The summed E-state index contributed by atoms with van der Waals surface area (Å²) < 4.78 is 6.05. The molecule has 1 aromatic carbocycles. The monoisotopic (exact) mass is 382 g/mol. The minimum Gasteiger partial charge on any atom is -0.456 e. The minimum absolute atomic E-state index is 0.0355. The zero-order valence-electron chi connectivity index (χ0n) is 14.6. The van der Waals surface area contributed by atoms with E-state index < -0.39 is 0 Å². The molecule has 1 atom stereocenters. The summed E-state index contributed by atoms with van der Waals surface area (Å²) in [6.45, 7) is 4.92. The average Bonchev–Trinajstić information content (AvgIpc) is 3.31. The number of likely N-dealkylation sites (tertiary alicyclic amines) is 1. The van der Waals surface area contributed by atoms with Gasteiger partial charge in [0, 0.05) is 36.5 Å². The predicted molar refractivity (Wildman–Crippen MR) is 106 cm³/mol. The molecule has 1 unspecified atom stereocenters. The Labute approximate surface area is 161 Å². The van der Waals surface area contributed by atoms with Crippen LogP contribution < -0.4 is 10.1 Å². The summed E-state index contributed by atoms with van der Waals surface area (Å²) in [5.74, 6) is 1.36. The van der Waals surface area contributed by atoms with Crippen molar-refractivity contribution in [3.05, 3.63) is 60.4 Å². The van der Waals surface area contributed by atoms with Crippen molar-refractivity contribution in [1.82, 2.24) is 14.9 Å². The molecule has 1 aliphatic rings. The van der Waals surface area contributed by atoms with E-state index in [2.05, 4.69) is 21.9 Å². The number of halogens is 1. The molecule has 3 aromatic rings. The molecule has 4 rings (SSSR count). The van der Waals surface area contributed by atoms with E-state index in [0.29, 0.717) is 23.1 Å². The molecule has 2 aromatic heterocycles. The number of aromatic amines is 1. The number of H-pyrrole nitrogens is 1. The highest BCUT2D eigenvalue weighted by molar-refractivity contribution is 6.30. The molecule has 2 N–H and O–H groups in total. The Morgan fingerprint density at radius 2 is 2.19 bits per heavy atom. The lowest BCUT2D eigenvalue weighted by molar-refractivity contribution is -0.125. The Morgan fingerprint density at radius 3 is 2.96 bits per heavy atom. The maximum Gasteiger partial charge on any atom is 0.246 e. The lowest BCUT2D eigenvalue weighted by Gasteiger charge is -2.16. The molecule has 1 aliphatic heterocycles. The molecule has 0 aliphatic carbocycles. The van der Waals surface area contributed by atoms with Gasteiger partial charge >= 0.3 is 0 Å². The Balaban J connectivity index is 1.58. The van der Waals surface area contributed by atoms with Crippen LogP contribution in [0.15, 0.2) is 55.4 Å². The maximum absolute atomic E-state index is 11.8. The summed E-state index contributed by atoms with van der Waals surface area (Å²) in [6, 6.07) is 9.22. The number of benzene rings is 1. The van der Waals surface area contributed by atoms with Crippen LogP contribution in [0.1, 0.15) is 6.42 Å². The molecule has 1 saturated heterocycles. The van der Waals surface area contributed by atoms with Crippen molar-refractivity contribution in [3.8, 4) is 11.5 Å². The molecule has 7 heteroatoms. The van der Waals surface area contributed by atoms with Crippen LogP contribution in [-0.2, 0) is 4.79 Å². The lowest BCUT2D eigenvalue weighted by Crippen LogP contribution is -2.30. The van der Waals surface area contributed by atoms with Gasteiger partial charge in [0.2, 0.25) is 5.91 Å². The standard InChI is InChI=1S/C20H19ClN4O2/c1-2-18(26)25-10-8-14(12-25)24-16-11-23-20-19(16)17(7-9-22-20)27-15-5-3-13(21)4-6-15/h2-7,9,11,14,24H,1,8,10,12H2,(H,22,23). The third-order valence-corrected chi connectivity index (χ3v) is 4.86. The number of aromatic nitrogens is 2. The van der Waals surface area contributed by atoms with Gasteiger partial charge in [0.25, 0.3) is 0 Å². The number of pyridine rings is 1. The van der Waals surface area contributed by atoms with Crippen molar-refractivity contribution < 1.29 is 9.53 Å². The third-order valence-electron chi connectivity index (χ3n) is 4.61. The summed E-state index contributed by atoms with van der Waals surface area (Å²) in [4.78, 5) is 21.1. The van der Waals surface area contributed by atoms with Crippen LogP contribution in [0.2, 0.25) is 5.02 Å². The Kier molecular flexibility index (Phi) is 4.73. The van der Waals surface area contributed by atoms with Crippen LogP contribution in [-0.4, -0.2) is 39.9 Å². The molecule has 0 spiro atoms. The zero-order valence-corrected chi connectivity index (χ0v) is 15.4. The van der Waals surface area contributed by atoms with E-state index in [1.165, 1.54) is 6.08 Å². The van der Waals surface area contributed by atoms with Crippen LogP contribution >= 0.6 is 11.6 Å².